The van der Waals surface area contributed by atoms with Gasteiger partial charge in [0, 0.05) is 0 Å². The summed E-state index contributed by atoms with van der Waals surface area (Å²) in [5.74, 6) is 7.64. The zero-order valence-electron chi connectivity index (χ0n) is 6.79. The van der Waals surface area contributed by atoms with E-state index in [1.165, 1.54) is 35.5 Å². The van der Waals surface area contributed by atoms with Gasteiger partial charge in [-0.3, -0.25) is 0 Å². The van der Waals surface area contributed by atoms with Crippen LogP contribution < -0.4 is 0 Å². The third kappa shape index (κ3) is 0.267. The molecule has 11 heavy (non-hydrogen) atoms. The van der Waals surface area contributed by atoms with Gasteiger partial charge >= 0.3 is 0 Å². The molecule has 0 aromatic rings. The Hall–Kier alpha value is 0. The maximum Gasteiger partial charge on any atom is -0.0229 e. The summed E-state index contributed by atoms with van der Waals surface area (Å²) in [7, 11) is 0. The molecule has 7 aliphatic rings. The van der Waals surface area contributed by atoms with Crippen molar-refractivity contribution in [3.05, 3.63) is 0 Å². The molecule has 7 rings (SSSR count). The molecule has 7 unspecified atom stereocenters. The van der Waals surface area contributed by atoms with Crippen LogP contribution in [0.3, 0.4) is 0 Å². The van der Waals surface area contributed by atoms with Gasteiger partial charge in [-0.2, -0.15) is 0 Å². The van der Waals surface area contributed by atoms with Crippen molar-refractivity contribution in [1.82, 2.24) is 0 Å². The highest BCUT2D eigenvalue weighted by Crippen LogP contribution is 2.91. The highest BCUT2D eigenvalue weighted by Gasteiger charge is 2.86. The molecule has 6 bridgehead atoms. The second-order valence-electron chi connectivity index (χ2n) is 5.92. The molecule has 0 aliphatic heterocycles. The SMILES string of the molecule is C1CC23CC2C2C4C1CC4C23. The topological polar surface area (TPSA) is 0 Å². The molecule has 0 N–H and O–H groups in total. The van der Waals surface area contributed by atoms with Crippen LogP contribution in [-0.2, 0) is 0 Å². The molecule has 7 atom stereocenters. The third-order valence-corrected chi connectivity index (χ3v) is 6.22. The zero-order chi connectivity index (χ0) is 6.79. The summed E-state index contributed by atoms with van der Waals surface area (Å²) in [6.45, 7) is 0. The molecule has 0 aromatic carbocycles. The fraction of sp³-hybridized carbons (Fsp3) is 1.00. The highest BCUT2D eigenvalue weighted by atomic mass is 14.9. The molecular formula is C11H14. The van der Waals surface area contributed by atoms with Crippen molar-refractivity contribution in [1.29, 1.82) is 0 Å². The smallest absolute Gasteiger partial charge is 0.0229 e. The van der Waals surface area contributed by atoms with E-state index in [0.717, 1.165) is 5.41 Å². The van der Waals surface area contributed by atoms with Gasteiger partial charge in [-0.05, 0) is 66.6 Å². The van der Waals surface area contributed by atoms with Crippen molar-refractivity contribution >= 4 is 0 Å². The summed E-state index contributed by atoms with van der Waals surface area (Å²) >= 11 is 0. The molecule has 0 radical (unpaired) electrons. The first-order valence-corrected chi connectivity index (χ1v) is 5.42. The fourth-order valence-electron chi connectivity index (χ4n) is 5.86. The Bertz CT molecular complexity index is 265. The average Bonchev–Trinajstić information content (AvgIpc) is 2.68. The Labute approximate surface area is 67.4 Å². The molecule has 0 amide bonds. The van der Waals surface area contributed by atoms with Crippen LogP contribution in [-0.4, -0.2) is 0 Å². The fourth-order valence-corrected chi connectivity index (χ4v) is 5.86. The number of hydrogen-bond donors (Lipinski definition) is 0. The quantitative estimate of drug-likeness (QED) is 0.492. The molecule has 0 aromatic heterocycles. The van der Waals surface area contributed by atoms with Gasteiger partial charge in [0.1, 0.15) is 0 Å². The van der Waals surface area contributed by atoms with Gasteiger partial charge in [0.15, 0.2) is 0 Å². The van der Waals surface area contributed by atoms with Gasteiger partial charge in [-0.25, -0.2) is 0 Å². The normalized spacial score (nSPS) is 85.1. The molecule has 1 spiro atoms. The summed E-state index contributed by atoms with van der Waals surface area (Å²) in [5, 5.41) is 0. The Kier molecular flexibility index (Phi) is 0.459. The van der Waals surface area contributed by atoms with E-state index in [9.17, 15) is 0 Å². The first-order chi connectivity index (χ1) is 5.42. The van der Waals surface area contributed by atoms with Crippen LogP contribution in [0.2, 0.25) is 0 Å². The van der Waals surface area contributed by atoms with Gasteiger partial charge in [0.2, 0.25) is 0 Å². The maximum atomic E-state index is 1.67. The lowest BCUT2D eigenvalue weighted by Crippen LogP contribution is -2.65. The Morgan fingerprint density at radius 3 is 3.18 bits per heavy atom. The largest absolute Gasteiger partial charge is 0.0496 e. The van der Waals surface area contributed by atoms with Crippen molar-refractivity contribution in [2.75, 3.05) is 0 Å². The number of hydrogen-bond acceptors (Lipinski definition) is 0. The lowest BCUT2D eigenvalue weighted by molar-refractivity contribution is -0.219. The molecule has 7 fully saturated rings. The predicted molar refractivity (Wildman–Crippen MR) is 41.8 cm³/mol. The second kappa shape index (κ2) is 1.03. The zero-order valence-corrected chi connectivity index (χ0v) is 6.79. The summed E-state index contributed by atoms with van der Waals surface area (Å²) in [5.41, 5.74) is 1.01. The molecule has 0 heteroatoms. The van der Waals surface area contributed by atoms with Crippen LogP contribution in [0.5, 0.6) is 0 Å². The summed E-state index contributed by atoms with van der Waals surface area (Å²) < 4.78 is 0. The minimum atomic E-state index is 1.01. The molecule has 0 heterocycles. The lowest BCUT2D eigenvalue weighted by Gasteiger charge is -2.69. The van der Waals surface area contributed by atoms with Crippen LogP contribution in [0.15, 0.2) is 0 Å². The average molecular weight is 146 g/mol. The minimum Gasteiger partial charge on any atom is -0.0496 e. The van der Waals surface area contributed by atoms with Crippen molar-refractivity contribution in [2.45, 2.75) is 25.7 Å². The van der Waals surface area contributed by atoms with E-state index in [2.05, 4.69) is 0 Å². The van der Waals surface area contributed by atoms with E-state index >= 15 is 0 Å². The van der Waals surface area contributed by atoms with Gasteiger partial charge in [-0.1, -0.05) is 0 Å². The summed E-state index contributed by atoms with van der Waals surface area (Å²) in [6, 6.07) is 0. The van der Waals surface area contributed by atoms with E-state index < -0.39 is 0 Å². The van der Waals surface area contributed by atoms with E-state index in [0.29, 0.717) is 0 Å². The van der Waals surface area contributed by atoms with Crippen LogP contribution in [0.4, 0.5) is 0 Å². The Balaban J connectivity index is 1.77. The van der Waals surface area contributed by atoms with E-state index in [1.807, 2.05) is 0 Å². The van der Waals surface area contributed by atoms with Gasteiger partial charge in [0.25, 0.3) is 0 Å². The Morgan fingerprint density at radius 2 is 2.18 bits per heavy atom. The van der Waals surface area contributed by atoms with Crippen LogP contribution in [0.1, 0.15) is 25.7 Å². The number of rotatable bonds is 0. The summed E-state index contributed by atoms with van der Waals surface area (Å²) in [4.78, 5) is 0. The monoisotopic (exact) mass is 146 g/mol. The van der Waals surface area contributed by atoms with E-state index in [4.69, 9.17) is 0 Å². The van der Waals surface area contributed by atoms with Gasteiger partial charge in [-0.15, -0.1) is 0 Å². The molecule has 58 valence electrons. The standard InChI is InChI=1S/C11H14/c1-2-11-4-7(11)9-8-5(1)3-6(8)10(9)11/h5-10H,1-4H2. The van der Waals surface area contributed by atoms with Crippen molar-refractivity contribution in [3.63, 3.8) is 0 Å². The van der Waals surface area contributed by atoms with Gasteiger partial charge in [0.05, 0.1) is 0 Å². The minimum absolute atomic E-state index is 1.01. The molecule has 7 saturated carbocycles. The van der Waals surface area contributed by atoms with Crippen molar-refractivity contribution < 1.29 is 0 Å². The molecule has 7 aliphatic carbocycles. The molecular weight excluding hydrogens is 132 g/mol. The summed E-state index contributed by atoms with van der Waals surface area (Å²) in [6.07, 6.45) is 6.60. The lowest BCUT2D eigenvalue weighted by atomic mass is 9.35. The third-order valence-electron chi connectivity index (χ3n) is 6.22. The second-order valence-corrected chi connectivity index (χ2v) is 5.92. The first kappa shape index (κ1) is 4.89. The van der Waals surface area contributed by atoms with Crippen molar-refractivity contribution in [2.24, 2.45) is 40.9 Å². The predicted octanol–water partition coefficient (Wildman–Crippen LogP) is 2.30. The molecule has 0 saturated heterocycles. The van der Waals surface area contributed by atoms with E-state index in [1.54, 1.807) is 25.7 Å². The van der Waals surface area contributed by atoms with Gasteiger partial charge < -0.3 is 0 Å². The first-order valence-electron chi connectivity index (χ1n) is 5.42. The van der Waals surface area contributed by atoms with Crippen LogP contribution in [0.25, 0.3) is 0 Å². The van der Waals surface area contributed by atoms with E-state index in [-0.39, 0.29) is 0 Å². The molecule has 0 nitrogen and oxygen atoms in total. The van der Waals surface area contributed by atoms with Crippen LogP contribution in [0, 0.1) is 40.9 Å². The van der Waals surface area contributed by atoms with Crippen molar-refractivity contribution in [3.8, 4) is 0 Å². The highest BCUT2D eigenvalue weighted by molar-refractivity contribution is 5.33. The maximum absolute atomic E-state index is 1.67. The Morgan fingerprint density at radius 1 is 1.18 bits per heavy atom. The van der Waals surface area contributed by atoms with Crippen LogP contribution >= 0.6 is 0 Å².